The maximum atomic E-state index is 4.55. The number of hydrogen-bond donors (Lipinski definition) is 0. The summed E-state index contributed by atoms with van der Waals surface area (Å²) in [5.41, 5.74) is 5.95. The van der Waals surface area contributed by atoms with Gasteiger partial charge in [-0.2, -0.15) is 4.57 Å². The second-order valence-corrected chi connectivity index (χ2v) is 13.1. The van der Waals surface area contributed by atoms with Gasteiger partial charge in [-0.15, -0.1) is 0 Å². The van der Waals surface area contributed by atoms with Gasteiger partial charge in [-0.05, 0) is 42.4 Å². The van der Waals surface area contributed by atoms with Gasteiger partial charge in [0.15, 0.2) is 11.0 Å². The number of nitrogens with zero attached hydrogens (tertiary/aromatic N) is 3. The van der Waals surface area contributed by atoms with Crippen LogP contribution in [-0.4, -0.2) is 17.6 Å². The molecule has 4 rings (SSSR count). The molecule has 0 unspecified atom stereocenters. The molecule has 2 heterocycles. The van der Waals surface area contributed by atoms with Crippen molar-refractivity contribution in [2.24, 2.45) is 7.05 Å². The first-order valence-corrected chi connectivity index (χ1v) is 12.9. The van der Waals surface area contributed by atoms with Crippen molar-refractivity contribution < 1.29 is 4.57 Å². The highest BCUT2D eigenvalue weighted by molar-refractivity contribution is 6.89. The van der Waals surface area contributed by atoms with Gasteiger partial charge in [-0.1, -0.05) is 50.0 Å². The molecule has 4 aromatic rings. The third kappa shape index (κ3) is 2.90. The van der Waals surface area contributed by atoms with Crippen LogP contribution in [0, 0.1) is 6.92 Å². The van der Waals surface area contributed by atoms with Crippen LogP contribution < -0.4 is 9.75 Å². The van der Waals surface area contributed by atoms with Gasteiger partial charge >= 0.3 is 0 Å². The minimum absolute atomic E-state index is 1.04. The van der Waals surface area contributed by atoms with Crippen molar-refractivity contribution in [3.05, 3.63) is 72.6 Å². The molecule has 0 saturated heterocycles. The fourth-order valence-corrected chi connectivity index (χ4v) is 5.44. The Balaban J connectivity index is 2.17. The molecule has 136 valence electrons. The van der Waals surface area contributed by atoms with Gasteiger partial charge in [0.2, 0.25) is 0 Å². The van der Waals surface area contributed by atoms with Crippen LogP contribution in [0.5, 0.6) is 0 Å². The van der Waals surface area contributed by atoms with Crippen LogP contribution in [0.15, 0.2) is 66.9 Å². The zero-order chi connectivity index (χ0) is 19.2. The zero-order valence-corrected chi connectivity index (χ0v) is 17.7. The first-order chi connectivity index (χ1) is 12.9. The van der Waals surface area contributed by atoms with E-state index >= 15 is 0 Å². The number of pyridine rings is 1. The third-order valence-corrected chi connectivity index (χ3v) is 7.25. The summed E-state index contributed by atoms with van der Waals surface area (Å²) in [7, 11) is 0.629. The fraction of sp³-hybridized carbons (Fsp3) is 0.217. The van der Waals surface area contributed by atoms with Crippen molar-refractivity contribution in [3.63, 3.8) is 0 Å². The Kier molecular flexibility index (Phi) is 4.23. The molecule has 0 N–H and O–H groups in total. The summed E-state index contributed by atoms with van der Waals surface area (Å²) < 4.78 is 4.72. The summed E-state index contributed by atoms with van der Waals surface area (Å²) in [5, 5.41) is 1.47. The first-order valence-electron chi connectivity index (χ1n) is 9.41. The average Bonchev–Trinajstić information content (AvgIpc) is 2.94. The quantitative estimate of drug-likeness (QED) is 0.386. The highest BCUT2D eigenvalue weighted by atomic mass is 28.3. The van der Waals surface area contributed by atoms with E-state index in [0.29, 0.717) is 0 Å². The Morgan fingerprint density at radius 3 is 2.33 bits per heavy atom. The molecule has 0 aliphatic carbocycles. The van der Waals surface area contributed by atoms with E-state index in [9.17, 15) is 0 Å². The second kappa shape index (κ2) is 6.46. The van der Waals surface area contributed by atoms with E-state index in [1.807, 2.05) is 12.3 Å². The molecule has 2 aromatic heterocycles. The number of imidazole rings is 1. The molecule has 4 heteroatoms. The minimum atomic E-state index is -1.52. The maximum Gasteiger partial charge on any atom is 0.296 e. The van der Waals surface area contributed by atoms with Crippen LogP contribution in [0.1, 0.15) is 5.69 Å². The Morgan fingerprint density at radius 1 is 0.889 bits per heavy atom. The van der Waals surface area contributed by atoms with Crippen LogP contribution in [-0.2, 0) is 7.05 Å². The molecule has 0 radical (unpaired) electrons. The van der Waals surface area contributed by atoms with Gasteiger partial charge in [0.25, 0.3) is 5.82 Å². The molecule has 3 nitrogen and oxygen atoms in total. The lowest BCUT2D eigenvalue weighted by molar-refractivity contribution is -0.633. The van der Waals surface area contributed by atoms with Crippen molar-refractivity contribution in [1.29, 1.82) is 0 Å². The lowest BCUT2D eigenvalue weighted by atomic mass is 10.2. The van der Waals surface area contributed by atoms with Crippen molar-refractivity contribution in [3.8, 4) is 17.1 Å². The number of para-hydroxylation sites is 3. The number of rotatable bonds is 3. The minimum Gasteiger partial charge on any atom is -0.261 e. The highest BCUT2D eigenvalue weighted by Gasteiger charge is 2.31. The molecule has 27 heavy (non-hydrogen) atoms. The lowest BCUT2D eigenvalue weighted by Gasteiger charge is -2.19. The zero-order valence-electron chi connectivity index (χ0n) is 16.7. The molecule has 0 fully saturated rings. The average molecular weight is 373 g/mol. The molecule has 0 amide bonds. The molecular formula is C23H26N3Si+. The largest absolute Gasteiger partial charge is 0.296 e. The van der Waals surface area contributed by atoms with Crippen LogP contribution in [0.3, 0.4) is 0 Å². The molecule has 2 aromatic carbocycles. The van der Waals surface area contributed by atoms with E-state index in [-0.39, 0.29) is 0 Å². The molecule has 0 aliphatic heterocycles. The number of hydrogen-bond acceptors (Lipinski definition) is 1. The molecule has 0 spiro atoms. The molecule has 0 atom stereocenters. The summed E-state index contributed by atoms with van der Waals surface area (Å²) in [5.74, 6) is 1.17. The summed E-state index contributed by atoms with van der Waals surface area (Å²) >= 11 is 0. The normalized spacial score (nSPS) is 11.9. The van der Waals surface area contributed by atoms with Gasteiger partial charge in [-0.25, -0.2) is 4.57 Å². The van der Waals surface area contributed by atoms with E-state index in [1.165, 1.54) is 33.3 Å². The lowest BCUT2D eigenvalue weighted by Crippen LogP contribution is -2.40. The van der Waals surface area contributed by atoms with Crippen molar-refractivity contribution >= 4 is 24.3 Å². The fourth-order valence-electron chi connectivity index (χ4n) is 3.88. The predicted molar refractivity (Wildman–Crippen MR) is 115 cm³/mol. The van der Waals surface area contributed by atoms with Crippen LogP contribution in [0.2, 0.25) is 19.6 Å². The van der Waals surface area contributed by atoms with Crippen molar-refractivity contribution in [2.75, 3.05) is 0 Å². The van der Waals surface area contributed by atoms with Gasteiger partial charge in [0, 0.05) is 6.20 Å². The monoisotopic (exact) mass is 372 g/mol. The Morgan fingerprint density at radius 2 is 1.59 bits per heavy atom. The first kappa shape index (κ1) is 17.7. The highest BCUT2D eigenvalue weighted by Crippen LogP contribution is 2.28. The van der Waals surface area contributed by atoms with Crippen LogP contribution in [0.25, 0.3) is 28.1 Å². The van der Waals surface area contributed by atoms with Gasteiger partial charge in [0.1, 0.15) is 5.69 Å². The van der Waals surface area contributed by atoms with Crippen LogP contribution >= 0.6 is 0 Å². The van der Waals surface area contributed by atoms with Crippen LogP contribution in [0.4, 0.5) is 0 Å². The number of aryl methyl sites for hydroxylation is 2. The van der Waals surface area contributed by atoms with E-state index < -0.39 is 8.07 Å². The van der Waals surface area contributed by atoms with Gasteiger partial charge in [-0.3, -0.25) is 4.98 Å². The Bertz CT molecular complexity index is 1140. The molecule has 0 saturated carbocycles. The molecule has 0 aliphatic rings. The Hall–Kier alpha value is -2.72. The predicted octanol–water partition coefficient (Wildman–Crippen LogP) is 4.37. The maximum absolute atomic E-state index is 4.55. The standard InChI is InChI=1S/C23H26N3Si/c1-17-18(11-10-16-24-17)23-25(2)19-12-6-7-13-20(19)26(23)21-14-8-9-15-22(21)27(3,4)5/h6-16H,1-5H3/q+1. The number of aromatic nitrogens is 3. The third-order valence-electron chi connectivity index (χ3n) is 5.21. The van der Waals surface area contributed by atoms with Gasteiger partial charge in [0.05, 0.1) is 26.4 Å². The topological polar surface area (TPSA) is 21.7 Å². The van der Waals surface area contributed by atoms with Gasteiger partial charge < -0.3 is 0 Å². The van der Waals surface area contributed by atoms with E-state index in [4.69, 9.17) is 0 Å². The molecule has 0 bridgehead atoms. The Labute approximate surface area is 162 Å². The van der Waals surface area contributed by atoms with Crippen molar-refractivity contribution in [1.82, 2.24) is 9.55 Å². The van der Waals surface area contributed by atoms with E-state index in [0.717, 1.165) is 5.69 Å². The summed E-state index contributed by atoms with van der Waals surface area (Å²) in [6.07, 6.45) is 1.86. The van der Waals surface area contributed by atoms with E-state index in [1.54, 1.807) is 0 Å². The number of fused-ring (bicyclic) bond motifs is 1. The number of benzene rings is 2. The smallest absolute Gasteiger partial charge is 0.261 e. The second-order valence-electron chi connectivity index (χ2n) is 8.11. The van der Waals surface area contributed by atoms with E-state index in [2.05, 4.69) is 102 Å². The SMILES string of the molecule is Cc1ncccc1-c1n(-c2ccccc2[Si](C)(C)C)c2ccccc2[n+]1C. The van der Waals surface area contributed by atoms with Crippen molar-refractivity contribution in [2.45, 2.75) is 26.6 Å². The molecular weight excluding hydrogens is 346 g/mol. The summed E-state index contributed by atoms with van der Waals surface area (Å²) in [4.78, 5) is 4.55. The summed E-state index contributed by atoms with van der Waals surface area (Å²) in [6, 6.07) is 21.7. The summed E-state index contributed by atoms with van der Waals surface area (Å²) in [6.45, 7) is 9.31.